The molecule has 0 spiro atoms. The van der Waals surface area contributed by atoms with E-state index >= 15 is 0 Å². The molecule has 0 aliphatic heterocycles. The van der Waals surface area contributed by atoms with Crippen LogP contribution in [0.25, 0.3) is 5.52 Å². The average Bonchev–Trinajstić information content (AvgIpc) is 2.49. The van der Waals surface area contributed by atoms with E-state index < -0.39 is 0 Å². The number of rotatable bonds is 2. The first-order valence-electron chi connectivity index (χ1n) is 4.07. The third-order valence-corrected chi connectivity index (χ3v) is 2.37. The van der Waals surface area contributed by atoms with Gasteiger partial charge in [0.2, 0.25) is 0 Å². The van der Waals surface area contributed by atoms with Crippen LogP contribution in [0.4, 0.5) is 0 Å². The molecule has 0 aliphatic carbocycles. The lowest BCUT2D eigenvalue weighted by Gasteiger charge is -2.02. The van der Waals surface area contributed by atoms with Gasteiger partial charge in [0, 0.05) is 12.3 Å². The van der Waals surface area contributed by atoms with Gasteiger partial charge in [-0.1, -0.05) is 0 Å². The molecule has 0 N–H and O–H groups in total. The lowest BCUT2D eigenvalue weighted by atomic mass is 10.4. The zero-order chi connectivity index (χ0) is 9.26. The van der Waals surface area contributed by atoms with Gasteiger partial charge >= 0.3 is 0 Å². The summed E-state index contributed by atoms with van der Waals surface area (Å²) in [4.78, 5) is 0. The molecule has 0 radical (unpaired) electrons. The molecule has 3 nitrogen and oxygen atoms in total. The summed E-state index contributed by atoms with van der Waals surface area (Å²) in [5, 5.41) is 4.13. The molecule has 0 atom stereocenters. The lowest BCUT2D eigenvalue weighted by molar-refractivity contribution is 0.340. The van der Waals surface area contributed by atoms with Crippen molar-refractivity contribution in [1.82, 2.24) is 9.61 Å². The maximum absolute atomic E-state index is 5.38. The Balaban J connectivity index is 2.53. The van der Waals surface area contributed by atoms with Crippen molar-refractivity contribution in [3.8, 4) is 5.75 Å². The highest BCUT2D eigenvalue weighted by Gasteiger charge is 2.01. The minimum Gasteiger partial charge on any atom is -0.494 e. The van der Waals surface area contributed by atoms with Gasteiger partial charge in [0.1, 0.15) is 5.75 Å². The second kappa shape index (κ2) is 3.38. The van der Waals surface area contributed by atoms with Gasteiger partial charge in [-0.05, 0) is 28.9 Å². The molecule has 0 aromatic carbocycles. The van der Waals surface area contributed by atoms with Crippen LogP contribution in [-0.4, -0.2) is 16.2 Å². The Morgan fingerprint density at radius 1 is 1.62 bits per heavy atom. The highest BCUT2D eigenvalue weighted by Crippen LogP contribution is 2.21. The van der Waals surface area contributed by atoms with Crippen molar-refractivity contribution in [2.24, 2.45) is 0 Å². The molecule has 2 heterocycles. The molecular weight excluding hydrogens is 232 g/mol. The Hall–Kier alpha value is -1.03. The van der Waals surface area contributed by atoms with E-state index in [2.05, 4.69) is 21.0 Å². The number of hydrogen-bond acceptors (Lipinski definition) is 2. The Kier molecular flexibility index (Phi) is 2.22. The largest absolute Gasteiger partial charge is 0.494 e. The van der Waals surface area contributed by atoms with Crippen LogP contribution in [0.3, 0.4) is 0 Å². The first-order chi connectivity index (χ1) is 6.31. The van der Waals surface area contributed by atoms with E-state index in [1.165, 1.54) is 0 Å². The third kappa shape index (κ3) is 1.54. The summed E-state index contributed by atoms with van der Waals surface area (Å²) >= 11 is 3.41. The van der Waals surface area contributed by atoms with Crippen molar-refractivity contribution in [2.45, 2.75) is 6.92 Å². The van der Waals surface area contributed by atoms with Crippen molar-refractivity contribution in [3.05, 3.63) is 29.0 Å². The van der Waals surface area contributed by atoms with Crippen LogP contribution >= 0.6 is 15.9 Å². The van der Waals surface area contributed by atoms with Gasteiger partial charge in [0.15, 0.2) is 0 Å². The van der Waals surface area contributed by atoms with Crippen molar-refractivity contribution in [1.29, 1.82) is 0 Å². The summed E-state index contributed by atoms with van der Waals surface area (Å²) in [7, 11) is 0. The number of ether oxygens (including phenoxy) is 1. The molecule has 0 aliphatic rings. The standard InChI is InChI=1S/C9H9BrN2O/c1-2-13-7-3-4-12-9(5-7)8(10)6-11-12/h3-6H,2H2,1H3. The Labute approximate surface area is 84.4 Å². The minimum absolute atomic E-state index is 0.682. The second-order valence-corrected chi connectivity index (χ2v) is 3.47. The molecule has 68 valence electrons. The average molecular weight is 241 g/mol. The van der Waals surface area contributed by atoms with E-state index in [0.29, 0.717) is 6.61 Å². The smallest absolute Gasteiger partial charge is 0.123 e. The van der Waals surface area contributed by atoms with Crippen molar-refractivity contribution in [3.63, 3.8) is 0 Å². The maximum Gasteiger partial charge on any atom is 0.123 e. The molecule has 2 aromatic heterocycles. The number of halogens is 1. The fourth-order valence-electron chi connectivity index (χ4n) is 1.19. The van der Waals surface area contributed by atoms with E-state index in [4.69, 9.17) is 4.74 Å². The van der Waals surface area contributed by atoms with Crippen molar-refractivity contribution < 1.29 is 4.74 Å². The number of hydrogen-bond donors (Lipinski definition) is 0. The molecule has 0 amide bonds. The fraction of sp³-hybridized carbons (Fsp3) is 0.222. The Morgan fingerprint density at radius 2 is 2.46 bits per heavy atom. The van der Waals surface area contributed by atoms with Crippen LogP contribution in [0.2, 0.25) is 0 Å². The number of nitrogens with zero attached hydrogens (tertiary/aromatic N) is 2. The summed E-state index contributed by atoms with van der Waals surface area (Å²) in [6.07, 6.45) is 3.65. The number of fused-ring (bicyclic) bond motifs is 1. The van der Waals surface area contributed by atoms with Gasteiger partial charge < -0.3 is 4.74 Å². The zero-order valence-corrected chi connectivity index (χ0v) is 8.78. The normalized spacial score (nSPS) is 10.6. The number of aromatic nitrogens is 2. The van der Waals surface area contributed by atoms with Crippen LogP contribution in [-0.2, 0) is 0 Å². The monoisotopic (exact) mass is 240 g/mol. The summed E-state index contributed by atoms with van der Waals surface area (Å²) < 4.78 is 8.16. The van der Waals surface area contributed by atoms with E-state index in [0.717, 1.165) is 15.7 Å². The molecule has 0 saturated heterocycles. The van der Waals surface area contributed by atoms with Gasteiger partial charge in [-0.3, -0.25) is 0 Å². The second-order valence-electron chi connectivity index (χ2n) is 2.62. The van der Waals surface area contributed by atoms with Crippen molar-refractivity contribution >= 4 is 21.4 Å². The Morgan fingerprint density at radius 3 is 3.23 bits per heavy atom. The van der Waals surface area contributed by atoms with Gasteiger partial charge in [0.05, 0.1) is 22.8 Å². The molecule has 0 bridgehead atoms. The maximum atomic E-state index is 5.38. The first-order valence-corrected chi connectivity index (χ1v) is 4.86. The van der Waals surface area contributed by atoms with Crippen LogP contribution < -0.4 is 4.74 Å². The van der Waals surface area contributed by atoms with Crippen molar-refractivity contribution in [2.75, 3.05) is 6.61 Å². The van der Waals surface area contributed by atoms with E-state index in [9.17, 15) is 0 Å². The van der Waals surface area contributed by atoms with Crippen LogP contribution in [0.5, 0.6) is 5.75 Å². The van der Waals surface area contributed by atoms with Gasteiger partial charge in [0.25, 0.3) is 0 Å². The first kappa shape index (κ1) is 8.56. The third-order valence-electron chi connectivity index (χ3n) is 1.76. The molecule has 4 heteroatoms. The summed E-state index contributed by atoms with van der Waals surface area (Å²) in [6.45, 7) is 2.65. The van der Waals surface area contributed by atoms with Gasteiger partial charge in [-0.25, -0.2) is 4.52 Å². The van der Waals surface area contributed by atoms with E-state index in [1.54, 1.807) is 10.7 Å². The zero-order valence-electron chi connectivity index (χ0n) is 7.20. The van der Waals surface area contributed by atoms with Gasteiger partial charge in [-0.2, -0.15) is 5.10 Å². The quantitative estimate of drug-likeness (QED) is 0.807. The number of pyridine rings is 1. The summed E-state index contributed by atoms with van der Waals surface area (Å²) in [5.41, 5.74) is 1.02. The van der Waals surface area contributed by atoms with E-state index in [-0.39, 0.29) is 0 Å². The topological polar surface area (TPSA) is 26.5 Å². The van der Waals surface area contributed by atoms with Crippen LogP contribution in [0, 0.1) is 0 Å². The summed E-state index contributed by atoms with van der Waals surface area (Å²) in [5.74, 6) is 0.871. The SMILES string of the molecule is CCOc1ccn2ncc(Br)c2c1. The summed E-state index contributed by atoms with van der Waals surface area (Å²) in [6, 6.07) is 3.86. The Bertz CT molecular complexity index is 424. The molecule has 2 rings (SSSR count). The highest BCUT2D eigenvalue weighted by molar-refractivity contribution is 9.10. The fourth-order valence-corrected chi connectivity index (χ4v) is 1.58. The predicted molar refractivity (Wildman–Crippen MR) is 54.1 cm³/mol. The van der Waals surface area contributed by atoms with Crippen LogP contribution in [0.1, 0.15) is 6.92 Å². The predicted octanol–water partition coefficient (Wildman–Crippen LogP) is 2.50. The highest BCUT2D eigenvalue weighted by atomic mass is 79.9. The molecule has 0 fully saturated rings. The molecular formula is C9H9BrN2O. The molecule has 2 aromatic rings. The van der Waals surface area contributed by atoms with Crippen LogP contribution in [0.15, 0.2) is 29.0 Å². The van der Waals surface area contributed by atoms with Gasteiger partial charge in [-0.15, -0.1) is 0 Å². The van der Waals surface area contributed by atoms with E-state index in [1.807, 2.05) is 25.3 Å². The molecule has 13 heavy (non-hydrogen) atoms. The molecule has 0 saturated carbocycles. The lowest BCUT2D eigenvalue weighted by Crippen LogP contribution is -1.93. The minimum atomic E-state index is 0.682. The molecule has 0 unspecified atom stereocenters.